The van der Waals surface area contributed by atoms with Gasteiger partial charge in [0.25, 0.3) is 0 Å². The van der Waals surface area contributed by atoms with Gasteiger partial charge in [-0.3, -0.25) is 0 Å². The van der Waals surface area contributed by atoms with Crippen molar-refractivity contribution in [1.82, 2.24) is 0 Å². The second-order valence-corrected chi connectivity index (χ2v) is 11.5. The van der Waals surface area contributed by atoms with Gasteiger partial charge in [0, 0.05) is 9.84 Å². The fraction of sp³-hybridized carbons (Fsp3) is 1.00. The lowest BCUT2D eigenvalue weighted by atomic mass is 9.84. The van der Waals surface area contributed by atoms with E-state index in [0.717, 1.165) is 55.2 Å². The van der Waals surface area contributed by atoms with Gasteiger partial charge in [-0.05, 0) is 12.8 Å². The molecule has 1 unspecified atom stereocenters. The first-order valence-electron chi connectivity index (χ1n) is 11.5. The third kappa shape index (κ3) is 7.13. The van der Waals surface area contributed by atoms with Crippen molar-refractivity contribution in [3.05, 3.63) is 0 Å². The highest BCUT2D eigenvalue weighted by molar-refractivity contribution is 14.1. The quantitative estimate of drug-likeness (QED) is 0.0606. The molecule has 39 heavy (non-hydrogen) atoms. The topological polar surface area (TPSA) is 0 Å². The Balaban J connectivity index is 6.17. The fourth-order valence-corrected chi connectivity index (χ4v) is 4.35. The molecule has 0 aromatic rings. The number of halogens is 18. The molecule has 0 aliphatic heterocycles. The molecule has 0 radical (unpaired) electrons. The molecule has 0 aromatic carbocycles. The Morgan fingerprint density at radius 3 is 1.13 bits per heavy atom. The van der Waals surface area contributed by atoms with Crippen LogP contribution in [0.15, 0.2) is 0 Å². The molecule has 0 aliphatic rings. The van der Waals surface area contributed by atoms with Crippen LogP contribution in [-0.4, -0.2) is 51.1 Å². The number of hydrogen-bond donors (Lipinski definition) is 0. The molecule has 0 nitrogen and oxygen atoms in total. The highest BCUT2D eigenvalue weighted by atomic mass is 127. The maximum atomic E-state index is 14.4. The van der Waals surface area contributed by atoms with Crippen molar-refractivity contribution in [3.63, 3.8) is 0 Å². The molecule has 0 saturated heterocycles. The third-order valence-corrected chi connectivity index (χ3v) is 7.87. The van der Waals surface area contributed by atoms with Gasteiger partial charge in [0.1, 0.15) is 0 Å². The molecule has 0 rings (SSSR count). The molecule has 0 spiro atoms. The van der Waals surface area contributed by atoms with Crippen molar-refractivity contribution in [2.24, 2.45) is 0 Å². The van der Waals surface area contributed by atoms with E-state index in [9.17, 15) is 74.6 Å². The van der Waals surface area contributed by atoms with Gasteiger partial charge in [-0.1, -0.05) is 81.4 Å². The Kier molecular flexibility index (Phi) is 12.3. The minimum atomic E-state index is -8.59. The van der Waals surface area contributed by atoms with Crippen LogP contribution in [0.3, 0.4) is 0 Å². The molecule has 0 saturated carbocycles. The molecule has 236 valence electrons. The van der Waals surface area contributed by atoms with Crippen molar-refractivity contribution in [2.75, 3.05) is 0 Å². The van der Waals surface area contributed by atoms with Gasteiger partial charge in [0.05, 0.1) is 0 Å². The van der Waals surface area contributed by atoms with E-state index in [2.05, 4.69) is 0 Å². The molecular formula is C21H26F17I. The lowest BCUT2D eigenvalue weighted by Crippen LogP contribution is -2.74. The smallest absolute Gasteiger partial charge is 0.200 e. The maximum absolute atomic E-state index is 14.4. The SMILES string of the molecule is CCCCCCCCCC(I)(CC)CC(F)(F)C(F)(F)C(F)(F)C(F)(F)C(F)(F)C(F)(F)C(F)(F)C(F)(F)F. The monoisotopic (exact) mass is 728 g/mol. The summed E-state index contributed by atoms with van der Waals surface area (Å²) >= 11 is 1.14. The summed E-state index contributed by atoms with van der Waals surface area (Å²) in [6.45, 7) is 3.04. The minimum Gasteiger partial charge on any atom is -0.200 e. The minimum absolute atomic E-state index is 0.0634. The van der Waals surface area contributed by atoms with Crippen LogP contribution in [0.5, 0.6) is 0 Å². The summed E-state index contributed by atoms with van der Waals surface area (Å²) in [6, 6.07) is 0. The zero-order chi connectivity index (χ0) is 31.6. The highest BCUT2D eigenvalue weighted by Crippen LogP contribution is 2.64. The summed E-state index contributed by atoms with van der Waals surface area (Å²) in [7, 11) is 0. The maximum Gasteiger partial charge on any atom is 0.460 e. The summed E-state index contributed by atoms with van der Waals surface area (Å²) in [5.41, 5.74) is 0. The molecule has 0 N–H and O–H groups in total. The lowest BCUT2D eigenvalue weighted by Gasteiger charge is -2.43. The molecule has 1 atom stereocenters. The largest absolute Gasteiger partial charge is 0.460 e. The van der Waals surface area contributed by atoms with Crippen LogP contribution in [0, 0.1) is 0 Å². The molecular weight excluding hydrogens is 702 g/mol. The second kappa shape index (κ2) is 12.4. The van der Waals surface area contributed by atoms with Crippen LogP contribution in [-0.2, 0) is 0 Å². The second-order valence-electron chi connectivity index (χ2n) is 9.20. The number of rotatable bonds is 17. The van der Waals surface area contributed by atoms with Crippen LogP contribution in [0.2, 0.25) is 0 Å². The summed E-state index contributed by atoms with van der Waals surface area (Å²) in [6.07, 6.45) is -6.64. The van der Waals surface area contributed by atoms with E-state index in [1.54, 1.807) is 0 Å². The van der Waals surface area contributed by atoms with E-state index in [4.69, 9.17) is 0 Å². The molecule has 18 heteroatoms. The van der Waals surface area contributed by atoms with E-state index in [1.165, 1.54) is 0 Å². The molecule has 0 amide bonds. The summed E-state index contributed by atoms with van der Waals surface area (Å²) in [5, 5.41) is 0. The van der Waals surface area contributed by atoms with Crippen LogP contribution < -0.4 is 0 Å². The van der Waals surface area contributed by atoms with Gasteiger partial charge >= 0.3 is 47.6 Å². The van der Waals surface area contributed by atoms with Gasteiger partial charge < -0.3 is 0 Å². The Hall–Kier alpha value is -0.460. The van der Waals surface area contributed by atoms with Crippen molar-refractivity contribution in [3.8, 4) is 0 Å². The van der Waals surface area contributed by atoms with Crippen molar-refractivity contribution in [2.45, 2.75) is 129 Å². The first-order chi connectivity index (χ1) is 17.1. The van der Waals surface area contributed by atoms with Crippen molar-refractivity contribution < 1.29 is 74.6 Å². The Morgan fingerprint density at radius 2 is 0.769 bits per heavy atom. The number of hydrogen-bond acceptors (Lipinski definition) is 0. The highest BCUT2D eigenvalue weighted by Gasteiger charge is 2.95. The molecule has 0 bridgehead atoms. The zero-order valence-corrected chi connectivity index (χ0v) is 22.5. The predicted octanol–water partition coefficient (Wildman–Crippen LogP) is 11.1. The Labute approximate surface area is 226 Å². The van der Waals surface area contributed by atoms with Crippen LogP contribution in [0.25, 0.3) is 0 Å². The van der Waals surface area contributed by atoms with Crippen molar-refractivity contribution >= 4 is 22.6 Å². The molecule has 0 aliphatic carbocycles. The van der Waals surface area contributed by atoms with E-state index >= 15 is 0 Å². The molecule has 0 fully saturated rings. The third-order valence-electron chi connectivity index (χ3n) is 6.19. The van der Waals surface area contributed by atoms with Crippen LogP contribution in [0.4, 0.5) is 74.6 Å². The zero-order valence-electron chi connectivity index (χ0n) is 20.4. The Bertz CT molecular complexity index is 775. The normalized spacial score (nSPS) is 16.9. The standard InChI is InChI=1S/C21H26F17I/c1-3-5-6-7-8-9-10-11-13(39,4-2)12-14(22,23)15(24,25)16(26,27)17(28,29)18(30,31)19(32,33)20(34,35)21(36,37)38/h3-12H2,1-2H3. The van der Waals surface area contributed by atoms with Gasteiger partial charge in [-0.2, -0.15) is 74.6 Å². The van der Waals surface area contributed by atoms with Gasteiger partial charge in [-0.25, -0.2) is 0 Å². The first kappa shape index (κ1) is 38.5. The summed E-state index contributed by atoms with van der Waals surface area (Å²) in [5.74, 6) is -55.9. The molecule has 0 heterocycles. The van der Waals surface area contributed by atoms with E-state index < -0.39 is 63.9 Å². The van der Waals surface area contributed by atoms with Crippen LogP contribution in [0.1, 0.15) is 78.1 Å². The fourth-order valence-electron chi connectivity index (χ4n) is 3.49. The van der Waals surface area contributed by atoms with E-state index in [0.29, 0.717) is 12.8 Å². The average molecular weight is 728 g/mol. The van der Waals surface area contributed by atoms with Crippen LogP contribution >= 0.6 is 22.6 Å². The summed E-state index contributed by atoms with van der Waals surface area (Å²) < 4.78 is 227. The van der Waals surface area contributed by atoms with Gasteiger partial charge in [0.2, 0.25) is 0 Å². The van der Waals surface area contributed by atoms with E-state index in [1.807, 2.05) is 6.92 Å². The average Bonchev–Trinajstić information content (AvgIpc) is 2.76. The predicted molar refractivity (Wildman–Crippen MR) is 115 cm³/mol. The summed E-state index contributed by atoms with van der Waals surface area (Å²) in [4.78, 5) is 0. The molecule has 0 aromatic heterocycles. The first-order valence-corrected chi connectivity index (χ1v) is 12.6. The number of unbranched alkanes of at least 4 members (excludes halogenated alkanes) is 6. The Morgan fingerprint density at radius 1 is 0.436 bits per heavy atom. The van der Waals surface area contributed by atoms with Crippen molar-refractivity contribution in [1.29, 1.82) is 0 Å². The lowest BCUT2D eigenvalue weighted by molar-refractivity contribution is -0.462. The number of alkyl halides is 18. The van der Waals surface area contributed by atoms with E-state index in [-0.39, 0.29) is 12.8 Å². The van der Waals surface area contributed by atoms with Gasteiger partial charge in [0.15, 0.2) is 0 Å². The van der Waals surface area contributed by atoms with Gasteiger partial charge in [-0.15, -0.1) is 0 Å².